The van der Waals surface area contributed by atoms with Crippen molar-refractivity contribution in [3.63, 3.8) is 0 Å². The monoisotopic (exact) mass is 468 g/mol. The molecule has 10 heteroatoms. The third kappa shape index (κ3) is 4.98. The average Bonchev–Trinajstić information content (AvgIpc) is 3.29. The molecule has 4 aromatic rings. The Labute approximate surface area is 188 Å². The first-order valence-electron chi connectivity index (χ1n) is 9.43. The summed E-state index contributed by atoms with van der Waals surface area (Å²) in [5.74, 6) is -1.15. The number of nitrogens with zero attached hydrogens (tertiary/aromatic N) is 2. The fourth-order valence-corrected chi connectivity index (χ4v) is 4.71. The summed E-state index contributed by atoms with van der Waals surface area (Å²) in [4.78, 5) is 20.9. The number of halogens is 1. The number of pyridine rings is 1. The second kappa shape index (κ2) is 9.25. The van der Waals surface area contributed by atoms with Crippen LogP contribution in [-0.2, 0) is 16.6 Å². The van der Waals surface area contributed by atoms with E-state index in [0.29, 0.717) is 5.01 Å². The molecule has 1 amide bonds. The number of hydrogen-bond donors (Lipinski definition) is 2. The predicted molar refractivity (Wildman–Crippen MR) is 120 cm³/mol. The van der Waals surface area contributed by atoms with Crippen LogP contribution in [0.25, 0.3) is 11.3 Å². The number of benzene rings is 2. The lowest BCUT2D eigenvalue weighted by Gasteiger charge is -2.10. The number of sulfonamides is 1. The average molecular weight is 469 g/mol. The van der Waals surface area contributed by atoms with Gasteiger partial charge < -0.3 is 5.32 Å². The molecule has 0 saturated heterocycles. The summed E-state index contributed by atoms with van der Waals surface area (Å²) in [6.45, 7) is 0.193. The van der Waals surface area contributed by atoms with Gasteiger partial charge in [0.25, 0.3) is 15.9 Å². The summed E-state index contributed by atoms with van der Waals surface area (Å²) >= 11 is 1.40. The minimum Gasteiger partial charge on any atom is -0.346 e. The standard InChI is InChI=1S/C22H17FN4O3S2/c23-18-6-1-2-7-19(18)27-32(29,30)17-5-3-4-16(12-17)22(28)25-13-21-26-20(14-31-21)15-8-10-24-11-9-15/h1-12,14,27H,13H2,(H,25,28). The molecule has 2 aromatic heterocycles. The molecule has 32 heavy (non-hydrogen) atoms. The van der Waals surface area contributed by atoms with Crippen molar-refractivity contribution in [1.29, 1.82) is 0 Å². The lowest BCUT2D eigenvalue weighted by molar-refractivity contribution is 0.0950. The van der Waals surface area contributed by atoms with E-state index in [2.05, 4.69) is 20.0 Å². The van der Waals surface area contributed by atoms with Gasteiger partial charge in [0.2, 0.25) is 0 Å². The van der Waals surface area contributed by atoms with E-state index in [9.17, 15) is 17.6 Å². The first-order valence-corrected chi connectivity index (χ1v) is 11.8. The second-order valence-corrected chi connectivity index (χ2v) is 9.28. The molecule has 0 radical (unpaired) electrons. The van der Waals surface area contributed by atoms with Gasteiger partial charge in [-0.15, -0.1) is 11.3 Å². The SMILES string of the molecule is O=C(NCc1nc(-c2ccncc2)cs1)c1cccc(S(=O)(=O)Nc2ccccc2F)c1. The maximum absolute atomic E-state index is 13.8. The van der Waals surface area contributed by atoms with Crippen molar-refractivity contribution in [2.45, 2.75) is 11.4 Å². The summed E-state index contributed by atoms with van der Waals surface area (Å²) in [5.41, 5.74) is 1.70. The summed E-state index contributed by atoms with van der Waals surface area (Å²) < 4.78 is 41.3. The van der Waals surface area contributed by atoms with Crippen LogP contribution in [0.15, 0.2) is 83.3 Å². The number of rotatable bonds is 7. The van der Waals surface area contributed by atoms with E-state index in [1.165, 1.54) is 53.8 Å². The molecule has 7 nitrogen and oxygen atoms in total. The summed E-state index contributed by atoms with van der Waals surface area (Å²) in [6.07, 6.45) is 3.36. The Kier molecular flexibility index (Phi) is 6.24. The maximum Gasteiger partial charge on any atom is 0.262 e. The number of para-hydroxylation sites is 1. The third-order valence-electron chi connectivity index (χ3n) is 4.45. The molecule has 0 aliphatic heterocycles. The number of carbonyl (C=O) groups is 1. The number of aromatic nitrogens is 2. The van der Waals surface area contributed by atoms with Gasteiger partial charge in [-0.2, -0.15) is 0 Å². The van der Waals surface area contributed by atoms with Crippen molar-refractivity contribution in [1.82, 2.24) is 15.3 Å². The molecular formula is C22H17FN4O3S2. The number of hydrogen-bond acceptors (Lipinski definition) is 6. The minimum absolute atomic E-state index is 0.150. The number of thiazole rings is 1. The third-order valence-corrected chi connectivity index (χ3v) is 6.66. The number of carbonyl (C=O) groups excluding carboxylic acids is 1. The van der Waals surface area contributed by atoms with E-state index in [0.717, 1.165) is 17.3 Å². The van der Waals surface area contributed by atoms with Gasteiger partial charge in [-0.3, -0.25) is 14.5 Å². The highest BCUT2D eigenvalue weighted by atomic mass is 32.2. The van der Waals surface area contributed by atoms with E-state index >= 15 is 0 Å². The van der Waals surface area contributed by atoms with Crippen molar-refractivity contribution >= 4 is 33.0 Å². The van der Waals surface area contributed by atoms with Gasteiger partial charge >= 0.3 is 0 Å². The molecule has 0 bridgehead atoms. The van der Waals surface area contributed by atoms with Crippen molar-refractivity contribution in [2.24, 2.45) is 0 Å². The number of anilines is 1. The Morgan fingerprint density at radius 1 is 1.03 bits per heavy atom. The second-order valence-electron chi connectivity index (χ2n) is 6.66. The Balaban J connectivity index is 1.44. The molecular weight excluding hydrogens is 451 g/mol. The van der Waals surface area contributed by atoms with Gasteiger partial charge in [0.15, 0.2) is 0 Å². The van der Waals surface area contributed by atoms with Gasteiger partial charge in [0, 0.05) is 28.9 Å². The van der Waals surface area contributed by atoms with Gasteiger partial charge in [0.1, 0.15) is 10.8 Å². The molecule has 0 fully saturated rings. The van der Waals surface area contributed by atoms with Gasteiger partial charge in [-0.1, -0.05) is 18.2 Å². The van der Waals surface area contributed by atoms with E-state index in [1.54, 1.807) is 12.4 Å². The summed E-state index contributed by atoms with van der Waals surface area (Å²) in [5, 5.41) is 5.33. The van der Waals surface area contributed by atoms with Crippen LogP contribution in [0, 0.1) is 5.82 Å². The first kappa shape index (κ1) is 21.6. The zero-order valence-corrected chi connectivity index (χ0v) is 18.2. The Morgan fingerprint density at radius 3 is 2.59 bits per heavy atom. The molecule has 0 spiro atoms. The zero-order valence-electron chi connectivity index (χ0n) is 16.5. The topological polar surface area (TPSA) is 101 Å². The molecule has 2 N–H and O–H groups in total. The van der Waals surface area contributed by atoms with Crippen LogP contribution < -0.4 is 10.0 Å². The molecule has 0 aliphatic rings. The molecule has 2 heterocycles. The van der Waals surface area contributed by atoms with Crippen LogP contribution in [0.3, 0.4) is 0 Å². The largest absolute Gasteiger partial charge is 0.346 e. The predicted octanol–water partition coefficient (Wildman–Crippen LogP) is 4.08. The highest BCUT2D eigenvalue weighted by Crippen LogP contribution is 2.22. The van der Waals surface area contributed by atoms with Gasteiger partial charge in [-0.05, 0) is 42.5 Å². The van der Waals surface area contributed by atoms with Crippen molar-refractivity contribution < 1.29 is 17.6 Å². The Hall–Kier alpha value is -3.63. The van der Waals surface area contributed by atoms with Crippen molar-refractivity contribution in [3.8, 4) is 11.3 Å². The van der Waals surface area contributed by atoms with Crippen LogP contribution in [0.4, 0.5) is 10.1 Å². The Bertz CT molecular complexity index is 1360. The molecule has 0 unspecified atom stereocenters. The quantitative estimate of drug-likeness (QED) is 0.426. The molecule has 0 atom stereocenters. The minimum atomic E-state index is -4.07. The highest BCUT2D eigenvalue weighted by Gasteiger charge is 2.18. The van der Waals surface area contributed by atoms with E-state index < -0.39 is 21.7 Å². The molecule has 162 valence electrons. The number of nitrogens with one attached hydrogen (secondary N) is 2. The van der Waals surface area contributed by atoms with E-state index in [1.807, 2.05) is 17.5 Å². The lowest BCUT2D eigenvalue weighted by Crippen LogP contribution is -2.23. The van der Waals surface area contributed by atoms with Crippen LogP contribution >= 0.6 is 11.3 Å². The molecule has 2 aromatic carbocycles. The molecule has 0 aliphatic carbocycles. The van der Waals surface area contributed by atoms with Crippen LogP contribution in [0.2, 0.25) is 0 Å². The van der Waals surface area contributed by atoms with Gasteiger partial charge in [0.05, 0.1) is 22.8 Å². The fourth-order valence-electron chi connectivity index (χ4n) is 2.86. The van der Waals surface area contributed by atoms with Crippen molar-refractivity contribution in [3.05, 3.63) is 94.8 Å². The van der Waals surface area contributed by atoms with Crippen molar-refractivity contribution in [2.75, 3.05) is 4.72 Å². The normalized spacial score (nSPS) is 11.2. The maximum atomic E-state index is 13.8. The Morgan fingerprint density at radius 2 is 1.81 bits per heavy atom. The highest BCUT2D eigenvalue weighted by molar-refractivity contribution is 7.92. The number of amides is 1. The van der Waals surface area contributed by atoms with Crippen LogP contribution in [-0.4, -0.2) is 24.3 Å². The zero-order chi connectivity index (χ0) is 22.6. The smallest absolute Gasteiger partial charge is 0.262 e. The summed E-state index contributed by atoms with van der Waals surface area (Å²) in [7, 11) is -4.07. The van der Waals surface area contributed by atoms with E-state index in [-0.39, 0.29) is 22.7 Å². The molecule has 0 saturated carbocycles. The van der Waals surface area contributed by atoms with Crippen LogP contribution in [0.1, 0.15) is 15.4 Å². The van der Waals surface area contributed by atoms with Crippen LogP contribution in [0.5, 0.6) is 0 Å². The molecule has 4 rings (SSSR count). The first-order chi connectivity index (χ1) is 15.4. The summed E-state index contributed by atoms with van der Waals surface area (Å²) in [6, 6.07) is 14.7. The van der Waals surface area contributed by atoms with E-state index in [4.69, 9.17) is 0 Å². The van der Waals surface area contributed by atoms with Gasteiger partial charge in [-0.25, -0.2) is 17.8 Å². The fraction of sp³-hybridized carbons (Fsp3) is 0.0455. The lowest BCUT2D eigenvalue weighted by atomic mass is 10.2.